The zero-order valence-corrected chi connectivity index (χ0v) is 15.4. The average molecular weight is 374 g/mol. The highest BCUT2D eigenvalue weighted by Crippen LogP contribution is 2.21. The molecule has 134 valence electrons. The lowest BCUT2D eigenvalue weighted by Gasteiger charge is -2.22. The van der Waals surface area contributed by atoms with E-state index in [1.807, 2.05) is 0 Å². The molecule has 1 heterocycles. The van der Waals surface area contributed by atoms with Crippen LogP contribution >= 0.6 is 11.6 Å². The summed E-state index contributed by atoms with van der Waals surface area (Å²) < 4.78 is 25.0. The summed E-state index contributed by atoms with van der Waals surface area (Å²) in [6.45, 7) is 3.52. The monoisotopic (exact) mass is 373 g/mol. The molecule has 2 rings (SSSR count). The molecule has 0 aromatic heterocycles. The molecule has 0 atom stereocenters. The lowest BCUT2D eigenvalue weighted by molar-refractivity contribution is -0.119. The van der Waals surface area contributed by atoms with E-state index in [1.54, 1.807) is 18.2 Å². The van der Waals surface area contributed by atoms with Gasteiger partial charge in [0.05, 0.1) is 11.9 Å². The van der Waals surface area contributed by atoms with E-state index in [4.69, 9.17) is 11.6 Å². The Morgan fingerprint density at radius 3 is 2.67 bits per heavy atom. The predicted octanol–water partition coefficient (Wildman–Crippen LogP) is 1.71. The molecule has 1 aromatic rings. The molecule has 1 amide bonds. The Bertz CT molecular complexity index is 660. The number of carbonyl (C=O) groups excluding carboxylic acids is 1. The van der Waals surface area contributed by atoms with Crippen LogP contribution in [-0.2, 0) is 14.8 Å². The van der Waals surface area contributed by atoms with Gasteiger partial charge >= 0.3 is 0 Å². The number of nitrogens with zero attached hydrogens (tertiary/aromatic N) is 2. The van der Waals surface area contributed by atoms with Crippen molar-refractivity contribution in [2.75, 3.05) is 43.3 Å². The van der Waals surface area contributed by atoms with Crippen LogP contribution in [0.1, 0.15) is 19.3 Å². The van der Waals surface area contributed by atoms with Crippen molar-refractivity contribution in [3.05, 3.63) is 29.3 Å². The highest BCUT2D eigenvalue weighted by atomic mass is 35.5. The second kappa shape index (κ2) is 8.69. The third-order valence-corrected chi connectivity index (χ3v) is 5.33. The second-order valence-corrected chi connectivity index (χ2v) is 8.35. The van der Waals surface area contributed by atoms with Gasteiger partial charge in [-0.15, -0.1) is 0 Å². The fourth-order valence-electron chi connectivity index (χ4n) is 2.75. The van der Waals surface area contributed by atoms with Crippen LogP contribution in [0.4, 0.5) is 5.69 Å². The highest BCUT2D eigenvalue weighted by molar-refractivity contribution is 7.92. The van der Waals surface area contributed by atoms with Crippen LogP contribution in [0.15, 0.2) is 24.3 Å². The maximum atomic E-state index is 12.1. The molecule has 1 aliphatic rings. The van der Waals surface area contributed by atoms with Gasteiger partial charge in [-0.1, -0.05) is 17.7 Å². The number of carbonyl (C=O) groups is 1. The molecule has 1 N–H and O–H groups in total. The molecule has 1 aliphatic heterocycles. The van der Waals surface area contributed by atoms with E-state index in [-0.39, 0.29) is 12.5 Å². The first-order chi connectivity index (χ1) is 11.4. The molecule has 8 heteroatoms. The van der Waals surface area contributed by atoms with Gasteiger partial charge in [0.15, 0.2) is 0 Å². The van der Waals surface area contributed by atoms with Crippen molar-refractivity contribution in [1.82, 2.24) is 10.2 Å². The number of hydrogen-bond donors (Lipinski definition) is 1. The lowest BCUT2D eigenvalue weighted by atomic mass is 10.3. The molecule has 24 heavy (non-hydrogen) atoms. The summed E-state index contributed by atoms with van der Waals surface area (Å²) in [5, 5.41) is 3.21. The fraction of sp³-hybridized carbons (Fsp3) is 0.562. The summed E-state index contributed by atoms with van der Waals surface area (Å²) in [4.78, 5) is 14.5. The van der Waals surface area contributed by atoms with Crippen LogP contribution in [0.5, 0.6) is 0 Å². The number of sulfonamides is 1. The van der Waals surface area contributed by atoms with Gasteiger partial charge < -0.3 is 10.2 Å². The van der Waals surface area contributed by atoms with Crippen LogP contribution in [0.3, 0.4) is 0 Å². The Hall–Kier alpha value is -1.31. The van der Waals surface area contributed by atoms with E-state index < -0.39 is 10.0 Å². The Morgan fingerprint density at radius 1 is 1.33 bits per heavy atom. The Balaban J connectivity index is 1.86. The van der Waals surface area contributed by atoms with Crippen LogP contribution in [0.25, 0.3) is 0 Å². The van der Waals surface area contributed by atoms with Crippen molar-refractivity contribution in [3.8, 4) is 0 Å². The standard InChI is InChI=1S/C16H24ClN3O3S/c1-24(22,23)20(15-7-4-6-14(17)12-15)13-16(21)18-8-5-11-19-9-2-3-10-19/h4,6-7,12H,2-3,5,8-11,13H2,1H3,(H,18,21). The minimum atomic E-state index is -3.57. The van der Waals surface area contributed by atoms with Gasteiger partial charge in [0.2, 0.25) is 15.9 Å². The molecule has 0 unspecified atom stereocenters. The summed E-state index contributed by atoms with van der Waals surface area (Å²) >= 11 is 5.91. The maximum absolute atomic E-state index is 12.1. The number of rotatable bonds is 8. The summed E-state index contributed by atoms with van der Waals surface area (Å²) in [5.41, 5.74) is 0.386. The van der Waals surface area contributed by atoms with Crippen LogP contribution < -0.4 is 9.62 Å². The molecule has 0 saturated carbocycles. The SMILES string of the molecule is CS(=O)(=O)N(CC(=O)NCCCN1CCCC1)c1cccc(Cl)c1. The largest absolute Gasteiger partial charge is 0.354 e. The molecule has 1 saturated heterocycles. The van der Waals surface area contributed by atoms with Gasteiger partial charge in [-0.2, -0.15) is 0 Å². The van der Waals surface area contributed by atoms with E-state index in [2.05, 4.69) is 10.2 Å². The molecule has 0 bridgehead atoms. The number of halogens is 1. The fourth-order valence-corrected chi connectivity index (χ4v) is 3.79. The first-order valence-electron chi connectivity index (χ1n) is 8.08. The predicted molar refractivity (Wildman–Crippen MR) is 96.9 cm³/mol. The third kappa shape index (κ3) is 5.96. The van der Waals surface area contributed by atoms with Gasteiger partial charge in [0.1, 0.15) is 6.54 Å². The molecule has 0 spiro atoms. The number of hydrogen-bond acceptors (Lipinski definition) is 4. The summed E-state index contributed by atoms with van der Waals surface area (Å²) in [7, 11) is -3.57. The number of anilines is 1. The normalized spacial score (nSPS) is 15.4. The van der Waals surface area contributed by atoms with E-state index >= 15 is 0 Å². The number of amides is 1. The van der Waals surface area contributed by atoms with Gasteiger partial charge in [0, 0.05) is 11.6 Å². The van der Waals surface area contributed by atoms with Gasteiger partial charge in [-0.3, -0.25) is 9.10 Å². The van der Waals surface area contributed by atoms with Crippen molar-refractivity contribution in [2.45, 2.75) is 19.3 Å². The topological polar surface area (TPSA) is 69.7 Å². The summed E-state index contributed by atoms with van der Waals surface area (Å²) in [6, 6.07) is 6.46. The average Bonchev–Trinajstić information content (AvgIpc) is 3.01. The zero-order valence-electron chi connectivity index (χ0n) is 13.9. The van der Waals surface area contributed by atoms with Crippen LogP contribution in [0.2, 0.25) is 5.02 Å². The Labute approximate surface area is 148 Å². The quantitative estimate of drug-likeness (QED) is 0.704. The first-order valence-corrected chi connectivity index (χ1v) is 10.3. The third-order valence-electron chi connectivity index (χ3n) is 3.96. The minimum Gasteiger partial charge on any atom is -0.354 e. The Kier molecular flexibility index (Phi) is 6.89. The molecular weight excluding hydrogens is 350 g/mol. The van der Waals surface area contributed by atoms with E-state index in [0.29, 0.717) is 17.3 Å². The van der Waals surface area contributed by atoms with Crippen molar-refractivity contribution in [3.63, 3.8) is 0 Å². The Morgan fingerprint density at radius 2 is 2.04 bits per heavy atom. The molecule has 0 aliphatic carbocycles. The van der Waals surface area contributed by atoms with Crippen LogP contribution in [-0.4, -0.2) is 58.2 Å². The van der Waals surface area contributed by atoms with Gasteiger partial charge in [-0.05, 0) is 57.1 Å². The molecule has 1 aromatic carbocycles. The number of benzene rings is 1. The van der Waals surface area contributed by atoms with Crippen molar-refractivity contribution < 1.29 is 13.2 Å². The van der Waals surface area contributed by atoms with Crippen LogP contribution in [0, 0.1) is 0 Å². The van der Waals surface area contributed by atoms with Crippen molar-refractivity contribution in [1.29, 1.82) is 0 Å². The first kappa shape index (κ1) is 19.0. The smallest absolute Gasteiger partial charge is 0.240 e. The summed E-state index contributed by atoms with van der Waals surface area (Å²) in [6.07, 6.45) is 4.43. The van der Waals surface area contributed by atoms with Gasteiger partial charge in [0.25, 0.3) is 0 Å². The molecule has 6 nitrogen and oxygen atoms in total. The second-order valence-electron chi connectivity index (χ2n) is 6.00. The van der Waals surface area contributed by atoms with Gasteiger partial charge in [-0.25, -0.2) is 8.42 Å². The molecule has 1 fully saturated rings. The van der Waals surface area contributed by atoms with E-state index in [0.717, 1.165) is 36.6 Å². The van der Waals surface area contributed by atoms with E-state index in [9.17, 15) is 13.2 Å². The molecule has 0 radical (unpaired) electrons. The minimum absolute atomic E-state index is 0.247. The number of likely N-dealkylation sites (tertiary alicyclic amines) is 1. The zero-order chi connectivity index (χ0) is 17.6. The summed E-state index contributed by atoms with van der Waals surface area (Å²) in [5.74, 6) is -0.318. The highest BCUT2D eigenvalue weighted by Gasteiger charge is 2.21. The van der Waals surface area contributed by atoms with Crippen molar-refractivity contribution >= 4 is 33.2 Å². The number of nitrogens with one attached hydrogen (secondary N) is 1. The maximum Gasteiger partial charge on any atom is 0.240 e. The van der Waals surface area contributed by atoms with E-state index in [1.165, 1.54) is 18.9 Å². The lowest BCUT2D eigenvalue weighted by Crippen LogP contribution is -2.41. The molecular formula is C16H24ClN3O3S. The van der Waals surface area contributed by atoms with Crippen molar-refractivity contribution in [2.24, 2.45) is 0 Å².